The maximum absolute atomic E-state index is 13.8. The van der Waals surface area contributed by atoms with Crippen molar-refractivity contribution in [1.82, 2.24) is 9.78 Å². The maximum atomic E-state index is 13.8. The largest absolute Gasteiger partial charge is 0.383 e. The molecule has 1 heterocycles. The normalized spacial score (nSPS) is 10.8. The number of anilines is 1. The first kappa shape index (κ1) is 11.1. The molecule has 0 aliphatic carbocycles. The fraction of sp³-hybridized carbons (Fsp3) is 0.100. The Morgan fingerprint density at radius 1 is 1.31 bits per heavy atom. The first-order valence-electron chi connectivity index (χ1n) is 4.43. The second-order valence-corrected chi connectivity index (χ2v) is 4.08. The third kappa shape index (κ3) is 1.59. The Morgan fingerprint density at radius 2 is 2.00 bits per heavy atom. The monoisotopic (exact) mass is 287 g/mol. The van der Waals surface area contributed by atoms with E-state index in [0.717, 1.165) is 0 Å². The molecule has 1 aromatic heterocycles. The van der Waals surface area contributed by atoms with Crippen LogP contribution in [0.15, 0.2) is 22.8 Å². The van der Waals surface area contributed by atoms with E-state index in [4.69, 9.17) is 5.73 Å². The van der Waals surface area contributed by atoms with Crippen LogP contribution in [-0.4, -0.2) is 9.78 Å². The molecule has 0 aliphatic rings. The van der Waals surface area contributed by atoms with E-state index in [-0.39, 0.29) is 10.0 Å². The van der Waals surface area contributed by atoms with Crippen LogP contribution in [0.4, 0.5) is 14.6 Å². The molecule has 16 heavy (non-hydrogen) atoms. The first-order valence-corrected chi connectivity index (χ1v) is 5.23. The number of nitrogens with zero attached hydrogens (tertiary/aromatic N) is 2. The van der Waals surface area contributed by atoms with Gasteiger partial charge in [0, 0.05) is 18.2 Å². The predicted octanol–water partition coefficient (Wildman–Crippen LogP) is 2.71. The highest BCUT2D eigenvalue weighted by Gasteiger charge is 2.16. The second kappa shape index (κ2) is 3.86. The number of rotatable bonds is 1. The van der Waals surface area contributed by atoms with Crippen molar-refractivity contribution >= 4 is 21.7 Å². The van der Waals surface area contributed by atoms with E-state index < -0.39 is 11.6 Å². The highest BCUT2D eigenvalue weighted by atomic mass is 79.9. The Labute approximate surface area is 99.0 Å². The third-order valence-corrected chi connectivity index (χ3v) is 3.04. The smallest absolute Gasteiger partial charge is 0.148 e. The third-order valence-electron chi connectivity index (χ3n) is 2.31. The molecule has 84 valence electrons. The van der Waals surface area contributed by atoms with Gasteiger partial charge in [-0.3, -0.25) is 4.68 Å². The molecule has 2 rings (SSSR count). The number of halogens is 3. The molecule has 1 aromatic carbocycles. The zero-order valence-corrected chi connectivity index (χ0v) is 9.92. The van der Waals surface area contributed by atoms with E-state index in [1.807, 2.05) is 0 Å². The molecule has 3 nitrogen and oxygen atoms in total. The minimum absolute atomic E-state index is 0.201. The minimum atomic E-state index is -0.681. The topological polar surface area (TPSA) is 43.8 Å². The molecule has 2 aromatic rings. The lowest BCUT2D eigenvalue weighted by Gasteiger charge is -2.04. The Bertz CT molecular complexity index is 551. The molecule has 0 bridgehead atoms. The highest BCUT2D eigenvalue weighted by Crippen LogP contribution is 2.32. The van der Waals surface area contributed by atoms with Gasteiger partial charge in [0.2, 0.25) is 0 Å². The zero-order valence-electron chi connectivity index (χ0n) is 8.34. The fourth-order valence-corrected chi connectivity index (χ4v) is 1.73. The van der Waals surface area contributed by atoms with Crippen LogP contribution < -0.4 is 5.73 Å². The van der Waals surface area contributed by atoms with Gasteiger partial charge in [-0.25, -0.2) is 8.78 Å². The molecule has 0 amide bonds. The molecule has 2 N–H and O–H groups in total. The van der Waals surface area contributed by atoms with E-state index in [2.05, 4.69) is 21.0 Å². The Kier molecular flexibility index (Phi) is 2.67. The van der Waals surface area contributed by atoms with E-state index in [9.17, 15) is 8.78 Å². The number of hydrogen-bond acceptors (Lipinski definition) is 2. The summed E-state index contributed by atoms with van der Waals surface area (Å²) in [6, 6.07) is 2.51. The molecular weight excluding hydrogens is 280 g/mol. The molecule has 0 radical (unpaired) electrons. The van der Waals surface area contributed by atoms with Crippen LogP contribution in [0.25, 0.3) is 11.1 Å². The van der Waals surface area contributed by atoms with Crippen molar-refractivity contribution in [2.45, 2.75) is 0 Å². The lowest BCUT2D eigenvalue weighted by Crippen LogP contribution is -1.99. The number of nitrogen functional groups attached to an aromatic ring is 1. The number of aromatic nitrogens is 2. The first-order chi connectivity index (χ1) is 7.52. The van der Waals surface area contributed by atoms with Crippen LogP contribution in [-0.2, 0) is 7.05 Å². The van der Waals surface area contributed by atoms with Crippen LogP contribution in [0, 0.1) is 11.6 Å². The van der Waals surface area contributed by atoms with E-state index in [0.29, 0.717) is 11.4 Å². The van der Waals surface area contributed by atoms with Crippen LogP contribution in [0.5, 0.6) is 0 Å². The average Bonchev–Trinajstić information content (AvgIpc) is 2.58. The summed E-state index contributed by atoms with van der Waals surface area (Å²) in [6.45, 7) is 0. The van der Waals surface area contributed by atoms with Gasteiger partial charge in [0.25, 0.3) is 0 Å². The maximum Gasteiger partial charge on any atom is 0.148 e. The summed E-state index contributed by atoms with van der Waals surface area (Å²) < 4.78 is 28.0. The molecule has 0 atom stereocenters. The molecule has 0 fully saturated rings. The van der Waals surface area contributed by atoms with Crippen LogP contribution >= 0.6 is 15.9 Å². The van der Waals surface area contributed by atoms with Crippen LogP contribution in [0.3, 0.4) is 0 Å². The van der Waals surface area contributed by atoms with Crippen molar-refractivity contribution < 1.29 is 8.78 Å². The van der Waals surface area contributed by atoms with Crippen molar-refractivity contribution in [2.75, 3.05) is 5.73 Å². The summed E-state index contributed by atoms with van der Waals surface area (Å²) in [7, 11) is 1.65. The molecule has 0 saturated carbocycles. The van der Waals surface area contributed by atoms with E-state index in [1.165, 1.54) is 23.0 Å². The predicted molar refractivity (Wildman–Crippen MR) is 60.7 cm³/mol. The fourth-order valence-electron chi connectivity index (χ4n) is 1.39. The van der Waals surface area contributed by atoms with Crippen molar-refractivity contribution in [3.63, 3.8) is 0 Å². The van der Waals surface area contributed by atoms with Crippen molar-refractivity contribution in [3.8, 4) is 11.1 Å². The summed E-state index contributed by atoms with van der Waals surface area (Å²) in [6.07, 6.45) is 1.44. The standard InChI is InChI=1S/C10H8BrF2N3/c1-16-10(14)6(4-15-16)5-2-3-7(12)8(11)9(5)13/h2-4H,14H2,1H3. The summed E-state index contributed by atoms with van der Waals surface area (Å²) in [5, 5.41) is 3.90. The van der Waals surface area contributed by atoms with E-state index in [1.54, 1.807) is 7.05 Å². The summed E-state index contributed by atoms with van der Waals surface area (Å²) >= 11 is 2.84. The molecule has 6 heteroatoms. The molecule has 0 saturated heterocycles. The van der Waals surface area contributed by atoms with Gasteiger partial charge < -0.3 is 5.73 Å². The number of hydrogen-bond donors (Lipinski definition) is 1. The lowest BCUT2D eigenvalue weighted by molar-refractivity contribution is 0.574. The van der Waals surface area contributed by atoms with Crippen molar-refractivity contribution in [1.29, 1.82) is 0 Å². The molecule has 0 aliphatic heterocycles. The van der Waals surface area contributed by atoms with Gasteiger partial charge in [0.1, 0.15) is 17.5 Å². The summed E-state index contributed by atoms with van der Waals surface area (Å²) in [4.78, 5) is 0. The van der Waals surface area contributed by atoms with E-state index >= 15 is 0 Å². The minimum Gasteiger partial charge on any atom is -0.383 e. The van der Waals surface area contributed by atoms with Gasteiger partial charge in [-0.15, -0.1) is 0 Å². The van der Waals surface area contributed by atoms with Gasteiger partial charge >= 0.3 is 0 Å². The van der Waals surface area contributed by atoms with Crippen molar-refractivity contribution in [3.05, 3.63) is 34.4 Å². The zero-order chi connectivity index (χ0) is 11.9. The quantitative estimate of drug-likeness (QED) is 0.820. The lowest BCUT2D eigenvalue weighted by atomic mass is 10.1. The summed E-state index contributed by atoms with van der Waals surface area (Å²) in [5.74, 6) is -0.999. The average molecular weight is 288 g/mol. The Hall–Kier alpha value is -1.43. The molecule has 0 unspecified atom stereocenters. The van der Waals surface area contributed by atoms with Gasteiger partial charge in [-0.1, -0.05) is 0 Å². The second-order valence-electron chi connectivity index (χ2n) is 3.29. The van der Waals surface area contributed by atoms with Gasteiger partial charge in [-0.05, 0) is 28.1 Å². The number of nitrogens with two attached hydrogens (primary N) is 1. The van der Waals surface area contributed by atoms with Gasteiger partial charge in [-0.2, -0.15) is 5.10 Å². The number of aryl methyl sites for hydroxylation is 1. The van der Waals surface area contributed by atoms with Crippen molar-refractivity contribution in [2.24, 2.45) is 7.05 Å². The number of benzene rings is 1. The highest BCUT2D eigenvalue weighted by molar-refractivity contribution is 9.10. The Balaban J connectivity index is 2.66. The van der Waals surface area contributed by atoms with Crippen LogP contribution in [0.1, 0.15) is 0 Å². The van der Waals surface area contributed by atoms with Crippen LogP contribution in [0.2, 0.25) is 0 Å². The molecular formula is C10H8BrF2N3. The molecule has 0 spiro atoms. The Morgan fingerprint density at radius 3 is 2.56 bits per heavy atom. The van der Waals surface area contributed by atoms with Gasteiger partial charge in [0.05, 0.1) is 10.7 Å². The summed E-state index contributed by atoms with van der Waals surface area (Å²) in [5.41, 5.74) is 6.38. The van der Waals surface area contributed by atoms with Gasteiger partial charge in [0.15, 0.2) is 0 Å². The SMILES string of the molecule is Cn1ncc(-c2ccc(F)c(Br)c2F)c1N.